The van der Waals surface area contributed by atoms with E-state index in [1.54, 1.807) is 31.2 Å². The Kier molecular flexibility index (Phi) is 5.33. The SMILES string of the molecule is Cc1cc(OC(=O)c2cccc(F)c2)cc2c1C(=O)/C(=C/c1ccc(Cl)cc1Cl)O2. The Morgan fingerprint density at radius 2 is 1.90 bits per heavy atom. The summed E-state index contributed by atoms with van der Waals surface area (Å²) in [5, 5.41) is 0.855. The molecule has 0 saturated carbocycles. The van der Waals surface area contributed by atoms with Crippen molar-refractivity contribution < 1.29 is 23.5 Å². The fourth-order valence-electron chi connectivity index (χ4n) is 3.08. The molecule has 0 aromatic heterocycles. The zero-order valence-electron chi connectivity index (χ0n) is 15.5. The Hall–Kier alpha value is -3.15. The van der Waals surface area contributed by atoms with E-state index in [-0.39, 0.29) is 28.6 Å². The number of aryl methyl sites for hydroxylation is 1. The van der Waals surface area contributed by atoms with Gasteiger partial charge in [0.25, 0.3) is 0 Å². The number of carbonyl (C=O) groups is 2. The summed E-state index contributed by atoms with van der Waals surface area (Å²) in [6, 6.07) is 13.1. The van der Waals surface area contributed by atoms with Gasteiger partial charge in [-0.3, -0.25) is 4.79 Å². The van der Waals surface area contributed by atoms with Gasteiger partial charge in [0, 0.05) is 16.1 Å². The highest BCUT2D eigenvalue weighted by molar-refractivity contribution is 6.35. The van der Waals surface area contributed by atoms with E-state index >= 15 is 0 Å². The van der Waals surface area contributed by atoms with Crippen LogP contribution in [0.4, 0.5) is 4.39 Å². The van der Waals surface area contributed by atoms with Crippen molar-refractivity contribution in [2.45, 2.75) is 6.92 Å². The molecule has 0 atom stereocenters. The lowest BCUT2D eigenvalue weighted by molar-refractivity contribution is 0.0734. The monoisotopic (exact) mass is 442 g/mol. The van der Waals surface area contributed by atoms with Crippen LogP contribution in [-0.2, 0) is 0 Å². The van der Waals surface area contributed by atoms with E-state index < -0.39 is 11.8 Å². The van der Waals surface area contributed by atoms with Crippen molar-refractivity contribution in [1.82, 2.24) is 0 Å². The molecule has 0 fully saturated rings. The van der Waals surface area contributed by atoms with Crippen LogP contribution >= 0.6 is 23.2 Å². The van der Waals surface area contributed by atoms with Gasteiger partial charge in [0.2, 0.25) is 5.78 Å². The first-order valence-electron chi connectivity index (χ1n) is 8.83. The van der Waals surface area contributed by atoms with E-state index in [4.69, 9.17) is 32.7 Å². The van der Waals surface area contributed by atoms with Gasteiger partial charge in [-0.05, 0) is 60.5 Å². The first-order chi connectivity index (χ1) is 14.3. The van der Waals surface area contributed by atoms with Crippen LogP contribution in [-0.4, -0.2) is 11.8 Å². The zero-order valence-corrected chi connectivity index (χ0v) is 17.1. The van der Waals surface area contributed by atoms with Crippen molar-refractivity contribution in [3.8, 4) is 11.5 Å². The molecule has 3 aromatic rings. The van der Waals surface area contributed by atoms with Crippen LogP contribution in [0, 0.1) is 12.7 Å². The number of ether oxygens (including phenoxy) is 2. The molecule has 0 radical (unpaired) electrons. The summed E-state index contributed by atoms with van der Waals surface area (Å²) < 4.78 is 24.4. The highest BCUT2D eigenvalue weighted by Crippen LogP contribution is 2.38. The molecule has 1 aliphatic heterocycles. The number of carbonyl (C=O) groups excluding carboxylic acids is 2. The fraction of sp³-hybridized carbons (Fsp3) is 0.0435. The van der Waals surface area contributed by atoms with Gasteiger partial charge in [0.1, 0.15) is 17.3 Å². The molecule has 1 heterocycles. The second-order valence-electron chi connectivity index (χ2n) is 6.62. The quantitative estimate of drug-likeness (QED) is 0.272. The lowest BCUT2D eigenvalue weighted by atomic mass is 10.0. The number of ketones is 1. The topological polar surface area (TPSA) is 52.6 Å². The molecule has 4 rings (SSSR count). The molecule has 0 spiro atoms. The van der Waals surface area contributed by atoms with E-state index in [0.717, 1.165) is 6.07 Å². The average molecular weight is 443 g/mol. The number of esters is 1. The highest BCUT2D eigenvalue weighted by atomic mass is 35.5. The molecule has 0 amide bonds. The predicted octanol–water partition coefficient (Wildman–Crippen LogP) is 6.28. The van der Waals surface area contributed by atoms with Crippen LogP contribution in [0.2, 0.25) is 10.0 Å². The van der Waals surface area contributed by atoms with Crippen LogP contribution in [0.25, 0.3) is 6.08 Å². The molecule has 0 N–H and O–H groups in total. The van der Waals surface area contributed by atoms with E-state index in [1.165, 1.54) is 30.3 Å². The minimum atomic E-state index is -0.720. The smallest absolute Gasteiger partial charge is 0.343 e. The second-order valence-corrected chi connectivity index (χ2v) is 7.46. The normalized spacial score (nSPS) is 13.9. The van der Waals surface area contributed by atoms with Gasteiger partial charge in [-0.2, -0.15) is 0 Å². The van der Waals surface area contributed by atoms with Gasteiger partial charge in [-0.25, -0.2) is 9.18 Å². The number of halogens is 3. The van der Waals surface area contributed by atoms with Crippen LogP contribution in [0.15, 0.2) is 60.4 Å². The van der Waals surface area contributed by atoms with Crippen molar-refractivity contribution in [3.63, 3.8) is 0 Å². The Labute approximate surface area is 181 Å². The van der Waals surface area contributed by atoms with Gasteiger partial charge in [0.05, 0.1) is 11.1 Å². The summed E-state index contributed by atoms with van der Waals surface area (Å²) in [6.45, 7) is 1.71. The maximum Gasteiger partial charge on any atom is 0.343 e. The van der Waals surface area contributed by atoms with Gasteiger partial charge in [-0.15, -0.1) is 0 Å². The van der Waals surface area contributed by atoms with Crippen molar-refractivity contribution in [2.24, 2.45) is 0 Å². The molecule has 0 unspecified atom stereocenters. The number of allylic oxidation sites excluding steroid dienone is 1. The molecular formula is C23H13Cl2FO4. The van der Waals surface area contributed by atoms with E-state index in [1.807, 2.05) is 0 Å². The molecule has 0 bridgehead atoms. The fourth-order valence-corrected chi connectivity index (χ4v) is 3.54. The summed E-state index contributed by atoms with van der Waals surface area (Å²) >= 11 is 12.1. The number of rotatable bonds is 3. The molecule has 30 heavy (non-hydrogen) atoms. The van der Waals surface area contributed by atoms with Gasteiger partial charge in [-0.1, -0.05) is 35.3 Å². The van der Waals surface area contributed by atoms with Gasteiger partial charge >= 0.3 is 5.97 Å². The van der Waals surface area contributed by atoms with Crippen LogP contribution < -0.4 is 9.47 Å². The van der Waals surface area contributed by atoms with Gasteiger partial charge in [0.15, 0.2) is 5.76 Å². The maximum absolute atomic E-state index is 13.3. The minimum absolute atomic E-state index is 0.0723. The number of hydrogen-bond donors (Lipinski definition) is 0. The molecule has 150 valence electrons. The zero-order chi connectivity index (χ0) is 21.4. The molecule has 0 saturated heterocycles. The van der Waals surface area contributed by atoms with Crippen LogP contribution in [0.3, 0.4) is 0 Å². The van der Waals surface area contributed by atoms with E-state index in [2.05, 4.69) is 0 Å². The predicted molar refractivity (Wildman–Crippen MR) is 112 cm³/mol. The lowest BCUT2D eigenvalue weighted by Gasteiger charge is -2.08. The van der Waals surface area contributed by atoms with Crippen molar-refractivity contribution in [2.75, 3.05) is 0 Å². The maximum atomic E-state index is 13.3. The first-order valence-corrected chi connectivity index (χ1v) is 9.59. The summed E-state index contributed by atoms with van der Waals surface area (Å²) in [5.41, 5.74) is 1.60. The van der Waals surface area contributed by atoms with Crippen LogP contribution in [0.1, 0.15) is 31.8 Å². The number of Topliss-reactive ketones (excluding diaryl/α,β-unsaturated/α-hetero) is 1. The third kappa shape index (κ3) is 3.95. The summed E-state index contributed by atoms with van der Waals surface area (Å²) in [6.07, 6.45) is 1.53. The van der Waals surface area contributed by atoms with E-state index in [9.17, 15) is 14.0 Å². The molecule has 3 aromatic carbocycles. The van der Waals surface area contributed by atoms with Crippen molar-refractivity contribution in [1.29, 1.82) is 0 Å². The Morgan fingerprint density at radius 1 is 1.10 bits per heavy atom. The third-order valence-electron chi connectivity index (χ3n) is 4.46. The summed E-state index contributed by atoms with van der Waals surface area (Å²) in [4.78, 5) is 25.1. The number of fused-ring (bicyclic) bond motifs is 1. The van der Waals surface area contributed by atoms with Crippen LogP contribution in [0.5, 0.6) is 11.5 Å². The molecule has 0 aliphatic carbocycles. The number of hydrogen-bond acceptors (Lipinski definition) is 4. The summed E-state index contributed by atoms with van der Waals surface area (Å²) in [5.74, 6) is -1.04. The Morgan fingerprint density at radius 3 is 2.63 bits per heavy atom. The largest absolute Gasteiger partial charge is 0.452 e. The second kappa shape index (κ2) is 7.94. The van der Waals surface area contributed by atoms with Crippen molar-refractivity contribution in [3.05, 3.63) is 98.5 Å². The highest BCUT2D eigenvalue weighted by Gasteiger charge is 2.30. The molecule has 1 aliphatic rings. The third-order valence-corrected chi connectivity index (χ3v) is 5.03. The lowest BCUT2D eigenvalue weighted by Crippen LogP contribution is -2.09. The minimum Gasteiger partial charge on any atom is -0.452 e. The Bertz CT molecular complexity index is 1230. The average Bonchev–Trinajstić information content (AvgIpc) is 2.99. The number of benzene rings is 3. The molecular weight excluding hydrogens is 430 g/mol. The Balaban J connectivity index is 1.62. The molecule has 7 heteroatoms. The summed E-state index contributed by atoms with van der Waals surface area (Å²) in [7, 11) is 0. The first kappa shape index (κ1) is 20.1. The van der Waals surface area contributed by atoms with E-state index in [0.29, 0.717) is 26.7 Å². The van der Waals surface area contributed by atoms with Crippen molar-refractivity contribution >= 4 is 41.0 Å². The van der Waals surface area contributed by atoms with Gasteiger partial charge < -0.3 is 9.47 Å². The molecule has 4 nitrogen and oxygen atoms in total. The standard InChI is InChI=1S/C23H13Cl2FO4/c1-12-7-17(29-23(28)14-3-2-4-16(26)8-14)11-19-21(12)22(27)20(30-19)9-13-5-6-15(24)10-18(13)25/h2-11H,1H3/b20-9-.